The molecule has 0 bridgehead atoms. The third-order valence-electron chi connectivity index (χ3n) is 7.01. The van der Waals surface area contributed by atoms with Crippen LogP contribution in [0.5, 0.6) is 0 Å². The fourth-order valence-electron chi connectivity index (χ4n) is 5.06. The Morgan fingerprint density at radius 2 is 1.83 bits per heavy atom. The Balaban J connectivity index is 1.06. The summed E-state index contributed by atoms with van der Waals surface area (Å²) in [5.41, 5.74) is 2.97. The summed E-state index contributed by atoms with van der Waals surface area (Å²) >= 11 is 1.72. The highest BCUT2D eigenvalue weighted by Crippen LogP contribution is 2.34. The number of amides is 4. The number of piperidine rings is 1. The van der Waals surface area contributed by atoms with Crippen molar-refractivity contribution in [3.8, 4) is 0 Å². The molecule has 6 rings (SSSR count). The number of benzene rings is 2. The second kappa shape index (κ2) is 8.81. The molecule has 1 atom stereocenters. The summed E-state index contributed by atoms with van der Waals surface area (Å²) < 4.78 is 1.18. The number of carbonyl (C=O) groups excluding carboxylic acids is 3. The minimum Gasteiger partial charge on any atom is -0.361 e. The van der Waals surface area contributed by atoms with Crippen molar-refractivity contribution in [3.05, 3.63) is 65.3 Å². The average molecular weight is 488 g/mol. The first kappa shape index (κ1) is 21.8. The molecule has 2 aliphatic heterocycles. The van der Waals surface area contributed by atoms with Crippen molar-refractivity contribution in [2.24, 2.45) is 0 Å². The molecule has 2 aromatic heterocycles. The van der Waals surface area contributed by atoms with Crippen LogP contribution >= 0.6 is 11.3 Å². The third-order valence-corrected chi connectivity index (χ3v) is 8.21. The van der Waals surface area contributed by atoms with E-state index >= 15 is 0 Å². The van der Waals surface area contributed by atoms with Crippen molar-refractivity contribution >= 4 is 50.3 Å². The van der Waals surface area contributed by atoms with E-state index in [2.05, 4.69) is 16.4 Å². The van der Waals surface area contributed by atoms with Gasteiger partial charge in [0, 0.05) is 42.5 Å². The summed E-state index contributed by atoms with van der Waals surface area (Å²) in [5.74, 6) is -0.212. The molecular formula is C26H25N5O3S. The fourth-order valence-corrected chi connectivity index (χ4v) is 6.20. The molecule has 0 unspecified atom stereocenters. The molecule has 9 heteroatoms. The van der Waals surface area contributed by atoms with Gasteiger partial charge in [0.15, 0.2) is 0 Å². The van der Waals surface area contributed by atoms with Gasteiger partial charge in [0.1, 0.15) is 12.6 Å². The first-order chi connectivity index (χ1) is 17.1. The normalized spacial score (nSPS) is 19.1. The van der Waals surface area contributed by atoms with Crippen molar-refractivity contribution in [1.82, 2.24) is 25.1 Å². The van der Waals surface area contributed by atoms with Crippen molar-refractivity contribution in [1.29, 1.82) is 0 Å². The second-order valence-electron chi connectivity index (χ2n) is 9.16. The number of urea groups is 1. The maximum Gasteiger partial charge on any atom is 0.325 e. The van der Waals surface area contributed by atoms with E-state index in [1.54, 1.807) is 16.2 Å². The standard InChI is InChI=1S/C26H25N5O3S/c32-23(30-11-9-16(10-12-30)24-28-20-7-3-4-8-22(20)35-24)15-31-25(33)21(29-26(31)34)13-17-14-27-19-6-2-1-5-18(17)19/h1-8,14,16,21,27H,9-13,15H2,(H,29,34)/t21-/m0/s1. The van der Waals surface area contributed by atoms with Crippen LogP contribution in [0, 0.1) is 0 Å². The zero-order chi connectivity index (χ0) is 23.9. The zero-order valence-electron chi connectivity index (χ0n) is 19.1. The number of H-pyrrole nitrogens is 1. The number of aromatic amines is 1. The predicted molar refractivity (Wildman–Crippen MR) is 134 cm³/mol. The number of likely N-dealkylation sites (tertiary alicyclic amines) is 1. The minimum atomic E-state index is -0.667. The van der Waals surface area contributed by atoms with E-state index in [4.69, 9.17) is 4.98 Å². The summed E-state index contributed by atoms with van der Waals surface area (Å²) in [6.07, 6.45) is 3.91. The van der Waals surface area contributed by atoms with E-state index in [0.717, 1.165) is 44.7 Å². The molecule has 2 fully saturated rings. The van der Waals surface area contributed by atoms with Crippen LogP contribution < -0.4 is 5.32 Å². The summed E-state index contributed by atoms with van der Waals surface area (Å²) in [4.78, 5) is 49.3. The van der Waals surface area contributed by atoms with Crippen molar-refractivity contribution in [2.75, 3.05) is 19.6 Å². The molecule has 35 heavy (non-hydrogen) atoms. The van der Waals surface area contributed by atoms with Crippen LogP contribution in [0.1, 0.15) is 29.3 Å². The highest BCUT2D eigenvalue weighted by Gasteiger charge is 2.40. The Morgan fingerprint density at radius 1 is 1.06 bits per heavy atom. The van der Waals surface area contributed by atoms with Gasteiger partial charge < -0.3 is 15.2 Å². The number of para-hydroxylation sites is 2. The van der Waals surface area contributed by atoms with Gasteiger partial charge in [0.2, 0.25) is 5.91 Å². The Kier molecular flexibility index (Phi) is 5.49. The van der Waals surface area contributed by atoms with Gasteiger partial charge in [-0.15, -0.1) is 11.3 Å². The molecule has 2 saturated heterocycles. The summed E-state index contributed by atoms with van der Waals surface area (Å²) in [6, 6.07) is 14.8. The lowest BCUT2D eigenvalue weighted by molar-refractivity contribution is -0.138. The summed E-state index contributed by atoms with van der Waals surface area (Å²) in [5, 5.41) is 4.90. The molecule has 4 aromatic rings. The third kappa shape index (κ3) is 4.05. The van der Waals surface area contributed by atoms with Crippen LogP contribution in [0.2, 0.25) is 0 Å². The number of hydrogen-bond acceptors (Lipinski definition) is 5. The Labute approximate surface area is 205 Å². The quantitative estimate of drug-likeness (QED) is 0.420. The van der Waals surface area contributed by atoms with Gasteiger partial charge in [-0.05, 0) is 36.6 Å². The molecule has 4 amide bonds. The number of fused-ring (bicyclic) bond motifs is 2. The average Bonchev–Trinajstić information content (AvgIpc) is 3.57. The van der Waals surface area contributed by atoms with Crippen LogP contribution in [0.25, 0.3) is 21.1 Å². The highest BCUT2D eigenvalue weighted by molar-refractivity contribution is 7.18. The number of aromatic nitrogens is 2. The van der Waals surface area contributed by atoms with Crippen molar-refractivity contribution < 1.29 is 14.4 Å². The topological polar surface area (TPSA) is 98.4 Å². The molecule has 2 aromatic carbocycles. The Bertz CT molecular complexity index is 1400. The van der Waals surface area contributed by atoms with E-state index in [-0.39, 0.29) is 18.4 Å². The Hall–Kier alpha value is -3.72. The van der Waals surface area contributed by atoms with E-state index in [1.807, 2.05) is 48.7 Å². The van der Waals surface area contributed by atoms with E-state index in [0.29, 0.717) is 25.4 Å². The van der Waals surface area contributed by atoms with E-state index < -0.39 is 12.1 Å². The molecule has 2 N–H and O–H groups in total. The fraction of sp³-hybridized carbons (Fsp3) is 0.308. The van der Waals surface area contributed by atoms with Crippen LogP contribution in [0.3, 0.4) is 0 Å². The van der Waals surface area contributed by atoms with Gasteiger partial charge in [-0.3, -0.25) is 14.5 Å². The van der Waals surface area contributed by atoms with Gasteiger partial charge >= 0.3 is 6.03 Å². The lowest BCUT2D eigenvalue weighted by Gasteiger charge is -2.31. The first-order valence-electron chi connectivity index (χ1n) is 11.9. The van der Waals surface area contributed by atoms with Crippen molar-refractivity contribution in [2.45, 2.75) is 31.2 Å². The number of hydrogen-bond donors (Lipinski definition) is 2. The van der Waals surface area contributed by atoms with E-state index in [9.17, 15) is 14.4 Å². The number of nitrogens with zero attached hydrogens (tertiary/aromatic N) is 3. The maximum absolute atomic E-state index is 13.0. The summed E-state index contributed by atoms with van der Waals surface area (Å²) in [6.45, 7) is 0.977. The highest BCUT2D eigenvalue weighted by atomic mass is 32.1. The Morgan fingerprint density at radius 3 is 2.66 bits per heavy atom. The lowest BCUT2D eigenvalue weighted by Crippen LogP contribution is -2.46. The number of rotatable bonds is 5. The van der Waals surface area contributed by atoms with Crippen LogP contribution in [-0.2, 0) is 16.0 Å². The number of imide groups is 1. The maximum atomic E-state index is 13.0. The zero-order valence-corrected chi connectivity index (χ0v) is 19.9. The molecule has 4 heterocycles. The van der Waals surface area contributed by atoms with Crippen LogP contribution in [-0.4, -0.2) is 63.3 Å². The molecule has 0 saturated carbocycles. The molecule has 0 aliphatic carbocycles. The largest absolute Gasteiger partial charge is 0.361 e. The lowest BCUT2D eigenvalue weighted by atomic mass is 9.97. The van der Waals surface area contributed by atoms with Crippen LogP contribution in [0.4, 0.5) is 4.79 Å². The first-order valence-corrected chi connectivity index (χ1v) is 12.7. The molecule has 0 radical (unpaired) electrons. The number of carbonyl (C=O) groups is 3. The van der Waals surface area contributed by atoms with Gasteiger partial charge in [0.25, 0.3) is 5.91 Å². The monoisotopic (exact) mass is 487 g/mol. The predicted octanol–water partition coefficient (Wildman–Crippen LogP) is 3.65. The number of thiazole rings is 1. The van der Waals surface area contributed by atoms with Gasteiger partial charge in [-0.25, -0.2) is 9.78 Å². The smallest absolute Gasteiger partial charge is 0.325 e. The molecule has 0 spiro atoms. The summed E-state index contributed by atoms with van der Waals surface area (Å²) in [7, 11) is 0. The SMILES string of the molecule is O=C(CN1C(=O)N[C@@H](Cc2c[nH]c3ccccc23)C1=O)N1CCC(c2nc3ccccc3s2)CC1. The van der Waals surface area contributed by atoms with Gasteiger partial charge in [-0.2, -0.15) is 0 Å². The molecule has 2 aliphatic rings. The van der Waals surface area contributed by atoms with Crippen LogP contribution in [0.15, 0.2) is 54.7 Å². The van der Waals surface area contributed by atoms with Gasteiger partial charge in [-0.1, -0.05) is 30.3 Å². The second-order valence-corrected chi connectivity index (χ2v) is 10.2. The minimum absolute atomic E-state index is 0.191. The number of nitrogens with one attached hydrogen (secondary N) is 2. The van der Waals surface area contributed by atoms with Gasteiger partial charge in [0.05, 0.1) is 15.2 Å². The molecular weight excluding hydrogens is 462 g/mol. The molecule has 178 valence electrons. The van der Waals surface area contributed by atoms with E-state index in [1.165, 1.54) is 4.70 Å². The molecule has 8 nitrogen and oxygen atoms in total. The van der Waals surface area contributed by atoms with Crippen molar-refractivity contribution in [3.63, 3.8) is 0 Å².